The molecule has 0 saturated heterocycles. The van der Waals surface area contributed by atoms with Crippen LogP contribution in [0, 0.1) is 0 Å². The van der Waals surface area contributed by atoms with Crippen LogP contribution in [0.3, 0.4) is 0 Å². The van der Waals surface area contributed by atoms with Crippen molar-refractivity contribution in [2.75, 3.05) is 24.4 Å². The molecule has 6 nitrogen and oxygen atoms in total. The molecule has 132 valence electrons. The van der Waals surface area contributed by atoms with Gasteiger partial charge in [-0.3, -0.25) is 4.31 Å². The Balaban J connectivity index is 2.21. The Hall–Kier alpha value is -2.37. The van der Waals surface area contributed by atoms with Crippen LogP contribution in [0.5, 0.6) is 5.75 Å². The molecule has 1 atom stereocenters. The molecule has 8 heteroatoms. The van der Waals surface area contributed by atoms with Crippen LogP contribution in [0.25, 0.3) is 0 Å². The second-order valence-corrected chi connectivity index (χ2v) is 9.37. The number of ether oxygens (including phenoxy) is 1. The number of nitrogens with zero attached hydrogens (tertiary/aromatic N) is 1. The highest BCUT2D eigenvalue weighted by molar-refractivity contribution is 7.92. The quantitative estimate of drug-likeness (QED) is 0.747. The van der Waals surface area contributed by atoms with Crippen LogP contribution < -0.4 is 9.04 Å². The van der Waals surface area contributed by atoms with Gasteiger partial charge in [-0.05, 0) is 48.5 Å². The Labute approximate surface area is 148 Å². The van der Waals surface area contributed by atoms with Crippen molar-refractivity contribution in [2.24, 2.45) is 0 Å². The van der Waals surface area contributed by atoms with Crippen molar-refractivity contribution in [3.8, 4) is 5.75 Å². The van der Waals surface area contributed by atoms with E-state index in [1.807, 2.05) is 6.66 Å². The van der Waals surface area contributed by atoms with Gasteiger partial charge in [-0.25, -0.2) is 13.2 Å². The van der Waals surface area contributed by atoms with E-state index in [0.29, 0.717) is 17.8 Å². The predicted molar refractivity (Wildman–Crippen MR) is 101 cm³/mol. The fourth-order valence-electron chi connectivity index (χ4n) is 2.00. The van der Waals surface area contributed by atoms with Gasteiger partial charge in [0.2, 0.25) is 6.35 Å². The predicted octanol–water partition coefficient (Wildman–Crippen LogP) is 3.09. The first kappa shape index (κ1) is 19.0. The van der Waals surface area contributed by atoms with Gasteiger partial charge in [-0.15, -0.1) is 0 Å². The van der Waals surface area contributed by atoms with Crippen LogP contribution in [-0.2, 0) is 10.0 Å². The van der Waals surface area contributed by atoms with E-state index < -0.39 is 23.5 Å². The van der Waals surface area contributed by atoms with Crippen molar-refractivity contribution < 1.29 is 23.1 Å². The molecule has 2 aromatic rings. The summed E-state index contributed by atoms with van der Waals surface area (Å²) >= 11 is 0. The molecule has 0 aliphatic carbocycles. The summed E-state index contributed by atoms with van der Waals surface area (Å²) in [4.78, 5) is 10.9. The van der Waals surface area contributed by atoms with Crippen molar-refractivity contribution >= 4 is 35.5 Å². The average Bonchev–Trinajstić information content (AvgIpc) is 2.59. The number of carbonyl (C=O) groups is 1. The van der Waals surface area contributed by atoms with Gasteiger partial charge in [0.05, 0.1) is 29.1 Å². The monoisotopic (exact) mass is 380 g/mol. The van der Waals surface area contributed by atoms with Gasteiger partial charge in [0.25, 0.3) is 10.0 Å². The number of anilines is 1. The first-order valence-electron chi connectivity index (χ1n) is 7.28. The summed E-state index contributed by atoms with van der Waals surface area (Å²) in [6, 6.07) is 11.8. The fourth-order valence-corrected chi connectivity index (χ4v) is 3.57. The third-order valence-electron chi connectivity index (χ3n) is 3.41. The van der Waals surface area contributed by atoms with Crippen molar-refractivity contribution in [3.05, 3.63) is 54.1 Å². The van der Waals surface area contributed by atoms with E-state index >= 15 is 0 Å². The molecule has 2 rings (SSSR count). The zero-order valence-corrected chi connectivity index (χ0v) is 15.6. The van der Waals surface area contributed by atoms with Crippen LogP contribution in [-0.4, -0.2) is 45.9 Å². The minimum atomic E-state index is -3.78. The molecule has 2 aromatic carbocycles. The van der Waals surface area contributed by atoms with Crippen molar-refractivity contribution in [2.45, 2.75) is 4.90 Å². The number of benzene rings is 2. The first-order chi connectivity index (χ1) is 11.7. The first-order valence-corrected chi connectivity index (χ1v) is 10.9. The highest BCUT2D eigenvalue weighted by Crippen LogP contribution is 2.25. The number of rotatable bonds is 7. The summed E-state index contributed by atoms with van der Waals surface area (Å²) < 4.78 is 32.0. The number of carboxylic acids is 1. The van der Waals surface area contributed by atoms with E-state index in [-0.39, 0.29) is 10.5 Å². The van der Waals surface area contributed by atoms with Crippen molar-refractivity contribution in [3.63, 3.8) is 0 Å². The molecule has 0 bridgehead atoms. The van der Waals surface area contributed by atoms with E-state index in [4.69, 9.17) is 9.84 Å². The molecule has 1 unspecified atom stereocenters. The van der Waals surface area contributed by atoms with E-state index in [1.54, 1.807) is 24.3 Å². The van der Waals surface area contributed by atoms with Crippen LogP contribution in [0.2, 0.25) is 0 Å². The van der Waals surface area contributed by atoms with Gasteiger partial charge < -0.3 is 9.84 Å². The molecule has 25 heavy (non-hydrogen) atoms. The largest absolute Gasteiger partial charge is 0.478 e. The van der Waals surface area contributed by atoms with Gasteiger partial charge in [-0.1, -0.05) is 0 Å². The normalized spacial score (nSPS) is 11.7. The van der Waals surface area contributed by atoms with E-state index in [1.165, 1.54) is 31.3 Å². The topological polar surface area (TPSA) is 83.9 Å². The lowest BCUT2D eigenvalue weighted by molar-refractivity contribution is 0.0696. The molecular weight excluding hydrogens is 361 g/mol. The van der Waals surface area contributed by atoms with Crippen LogP contribution in [0.4, 0.5) is 5.69 Å². The number of sulfonamides is 1. The summed E-state index contributed by atoms with van der Waals surface area (Å²) in [5.74, 6) is -0.454. The SMILES string of the molecule is C=[P+](C)COc1ccc(N(C)S(=O)(=O)c2ccc(C(=O)O)cc2)cc1. The summed E-state index contributed by atoms with van der Waals surface area (Å²) in [7, 11) is -2.76. The Bertz CT molecular complexity index is 876. The maximum atomic E-state index is 12.7. The number of hydrogen-bond donors (Lipinski definition) is 1. The Morgan fingerprint density at radius 3 is 2.20 bits per heavy atom. The molecule has 0 aliphatic rings. The van der Waals surface area contributed by atoms with Crippen molar-refractivity contribution in [1.82, 2.24) is 0 Å². The Morgan fingerprint density at radius 1 is 1.16 bits per heavy atom. The third-order valence-corrected chi connectivity index (χ3v) is 5.78. The summed E-state index contributed by atoms with van der Waals surface area (Å²) in [6.45, 7) is 2.00. The van der Waals surface area contributed by atoms with Crippen LogP contribution in [0.1, 0.15) is 10.4 Å². The highest BCUT2D eigenvalue weighted by Gasteiger charge is 2.21. The molecule has 0 spiro atoms. The zero-order chi connectivity index (χ0) is 18.6. The molecule has 0 heterocycles. The zero-order valence-electron chi connectivity index (χ0n) is 13.9. The second kappa shape index (κ2) is 7.68. The van der Waals surface area contributed by atoms with Gasteiger partial charge >= 0.3 is 5.97 Å². The van der Waals surface area contributed by atoms with Gasteiger partial charge in [0.15, 0.2) is 0 Å². The Morgan fingerprint density at radius 2 is 1.72 bits per heavy atom. The van der Waals surface area contributed by atoms with Crippen LogP contribution >= 0.6 is 7.55 Å². The smallest absolute Gasteiger partial charge is 0.335 e. The maximum Gasteiger partial charge on any atom is 0.335 e. The molecule has 0 fully saturated rings. The minimum Gasteiger partial charge on any atom is -0.478 e. The van der Waals surface area contributed by atoms with E-state index in [2.05, 4.69) is 6.30 Å². The van der Waals surface area contributed by atoms with E-state index in [0.717, 1.165) is 4.31 Å². The molecule has 0 aliphatic heterocycles. The lowest BCUT2D eigenvalue weighted by Gasteiger charge is -2.19. The van der Waals surface area contributed by atoms with Gasteiger partial charge in [-0.2, -0.15) is 0 Å². The summed E-state index contributed by atoms with van der Waals surface area (Å²) in [5, 5.41) is 8.90. The van der Waals surface area contributed by atoms with Gasteiger partial charge in [0, 0.05) is 7.05 Å². The number of aromatic carboxylic acids is 1. The second-order valence-electron chi connectivity index (χ2n) is 5.43. The summed E-state index contributed by atoms with van der Waals surface area (Å²) in [5.41, 5.74) is 0.507. The van der Waals surface area contributed by atoms with Crippen LogP contribution in [0.15, 0.2) is 53.4 Å². The molecule has 0 amide bonds. The molecule has 0 saturated carbocycles. The number of hydrogen-bond acceptors (Lipinski definition) is 4. The maximum absolute atomic E-state index is 12.7. The third kappa shape index (κ3) is 4.59. The Kier molecular flexibility index (Phi) is 5.82. The minimum absolute atomic E-state index is 0.0222. The molecular formula is C17H19NO5PS+. The van der Waals surface area contributed by atoms with Gasteiger partial charge in [0.1, 0.15) is 13.3 Å². The fraction of sp³-hybridized carbons (Fsp3) is 0.176. The van der Waals surface area contributed by atoms with Crippen molar-refractivity contribution in [1.29, 1.82) is 0 Å². The number of carboxylic acid groups (broad SMARTS) is 1. The molecule has 1 N–H and O–H groups in total. The average molecular weight is 380 g/mol. The highest BCUT2D eigenvalue weighted by atomic mass is 32.2. The molecule has 0 radical (unpaired) electrons. The lowest BCUT2D eigenvalue weighted by atomic mass is 10.2. The summed E-state index contributed by atoms with van der Waals surface area (Å²) in [6.07, 6.45) is 4.44. The standard InChI is InChI=1S/C17H18NO5PS/c1-18(14-6-8-15(9-7-14)23-12-24(2)3)25(21,22)16-10-4-13(5-11-16)17(19)20/h4-11H,2,12H2,1,3H3/p+1. The molecule has 0 aromatic heterocycles. The lowest BCUT2D eigenvalue weighted by Crippen LogP contribution is -2.26. The van der Waals surface area contributed by atoms with E-state index in [9.17, 15) is 13.2 Å².